The number of nitrogens with one attached hydrogen (secondary N) is 2. The fourth-order valence-corrected chi connectivity index (χ4v) is 1.33. The molecule has 0 atom stereocenters. The number of hydrogen-bond acceptors (Lipinski definition) is 5. The number of amides is 3. The maximum atomic E-state index is 11.0. The number of hydrogen-bond donors (Lipinski definition) is 3. The van der Waals surface area contributed by atoms with Gasteiger partial charge in [-0.05, 0) is 7.05 Å². The highest BCUT2D eigenvalue weighted by Crippen LogP contribution is 1.94. The molecule has 4 N–H and O–H groups in total. The molecule has 1 saturated heterocycles. The van der Waals surface area contributed by atoms with Crippen LogP contribution in [-0.4, -0.2) is 61.6 Å². The Balaban J connectivity index is 2.14. The van der Waals surface area contributed by atoms with Crippen molar-refractivity contribution in [1.82, 2.24) is 20.7 Å². The maximum Gasteiger partial charge on any atom is 0.318 e. The van der Waals surface area contributed by atoms with Gasteiger partial charge in [-0.1, -0.05) is 0 Å². The summed E-state index contributed by atoms with van der Waals surface area (Å²) in [5.74, 6) is -0.415. The Bertz CT molecular complexity index is 237. The van der Waals surface area contributed by atoms with Gasteiger partial charge in [0, 0.05) is 26.2 Å². The number of carbonyl (C=O) groups excluding carboxylic acids is 2. The van der Waals surface area contributed by atoms with Gasteiger partial charge in [-0.2, -0.15) is 0 Å². The molecule has 0 unspecified atom stereocenters. The summed E-state index contributed by atoms with van der Waals surface area (Å²) in [6.07, 6.45) is 0. The lowest BCUT2D eigenvalue weighted by Crippen LogP contribution is -2.53. The molecule has 86 valence electrons. The monoisotopic (exact) mass is 215 g/mol. The van der Waals surface area contributed by atoms with E-state index in [0.717, 1.165) is 26.2 Å². The second-order valence-electron chi connectivity index (χ2n) is 3.54. The molecular formula is C8H17N5O2. The SMILES string of the molecule is CN1CCN(NCC(=O)NC(N)=O)CC1. The van der Waals surface area contributed by atoms with Crippen molar-refractivity contribution >= 4 is 11.9 Å². The second-order valence-corrected chi connectivity index (χ2v) is 3.54. The van der Waals surface area contributed by atoms with E-state index < -0.39 is 11.9 Å². The number of nitrogens with zero attached hydrogens (tertiary/aromatic N) is 2. The second kappa shape index (κ2) is 5.64. The Morgan fingerprint density at radius 1 is 1.27 bits per heavy atom. The molecule has 7 heteroatoms. The first kappa shape index (κ1) is 11.9. The first-order valence-electron chi connectivity index (χ1n) is 4.84. The lowest BCUT2D eigenvalue weighted by molar-refractivity contribution is -0.120. The summed E-state index contributed by atoms with van der Waals surface area (Å²) < 4.78 is 0. The summed E-state index contributed by atoms with van der Waals surface area (Å²) in [5, 5.41) is 3.95. The predicted molar refractivity (Wildman–Crippen MR) is 54.8 cm³/mol. The van der Waals surface area contributed by atoms with E-state index in [9.17, 15) is 9.59 Å². The molecule has 0 saturated carbocycles. The average Bonchev–Trinajstić information content (AvgIpc) is 2.16. The van der Waals surface area contributed by atoms with Gasteiger partial charge < -0.3 is 10.6 Å². The Kier molecular flexibility index (Phi) is 4.47. The quantitative estimate of drug-likeness (QED) is 0.503. The third-order valence-corrected chi connectivity index (χ3v) is 2.23. The van der Waals surface area contributed by atoms with E-state index in [0.29, 0.717) is 0 Å². The molecule has 0 aliphatic carbocycles. The number of primary amides is 1. The molecule has 0 aromatic carbocycles. The summed E-state index contributed by atoms with van der Waals surface area (Å²) in [6, 6.07) is -0.819. The number of carbonyl (C=O) groups is 2. The standard InChI is InChI=1S/C8H17N5O2/c1-12-2-4-13(5-3-12)10-6-7(14)11-8(9)15/h10H,2-6H2,1H3,(H3,9,11,14,15). The van der Waals surface area contributed by atoms with Crippen LogP contribution in [0.3, 0.4) is 0 Å². The van der Waals surface area contributed by atoms with Crippen molar-refractivity contribution in [2.24, 2.45) is 5.73 Å². The Hall–Kier alpha value is -1.18. The number of urea groups is 1. The largest absolute Gasteiger partial charge is 0.351 e. The van der Waals surface area contributed by atoms with E-state index in [1.165, 1.54) is 0 Å². The van der Waals surface area contributed by atoms with Crippen LogP contribution >= 0.6 is 0 Å². The van der Waals surface area contributed by atoms with E-state index in [-0.39, 0.29) is 6.54 Å². The van der Waals surface area contributed by atoms with E-state index in [4.69, 9.17) is 5.73 Å². The maximum absolute atomic E-state index is 11.0. The molecule has 15 heavy (non-hydrogen) atoms. The van der Waals surface area contributed by atoms with E-state index in [1.54, 1.807) is 0 Å². The van der Waals surface area contributed by atoms with Crippen molar-refractivity contribution in [2.75, 3.05) is 39.8 Å². The zero-order chi connectivity index (χ0) is 11.3. The van der Waals surface area contributed by atoms with Crippen molar-refractivity contribution in [3.8, 4) is 0 Å². The predicted octanol–water partition coefficient (Wildman–Crippen LogP) is -2.07. The summed E-state index contributed by atoms with van der Waals surface area (Å²) in [7, 11) is 2.05. The highest BCUT2D eigenvalue weighted by molar-refractivity contribution is 5.94. The van der Waals surface area contributed by atoms with Crippen LogP contribution in [0, 0.1) is 0 Å². The smallest absolute Gasteiger partial charge is 0.318 e. The van der Waals surface area contributed by atoms with Crippen LogP contribution in [0.4, 0.5) is 4.79 Å². The third kappa shape index (κ3) is 4.73. The van der Waals surface area contributed by atoms with Crippen LogP contribution in [-0.2, 0) is 4.79 Å². The molecule has 1 fully saturated rings. The molecule has 3 amide bonds. The van der Waals surface area contributed by atoms with Gasteiger partial charge in [0.05, 0.1) is 6.54 Å². The molecule has 7 nitrogen and oxygen atoms in total. The highest BCUT2D eigenvalue weighted by atomic mass is 16.2. The van der Waals surface area contributed by atoms with Crippen molar-refractivity contribution in [1.29, 1.82) is 0 Å². The molecule has 1 heterocycles. The number of likely N-dealkylation sites (N-methyl/N-ethyl adjacent to an activating group) is 1. The normalized spacial score (nSPS) is 18.7. The van der Waals surface area contributed by atoms with Gasteiger partial charge in [-0.25, -0.2) is 15.2 Å². The highest BCUT2D eigenvalue weighted by Gasteiger charge is 2.14. The molecule has 0 aromatic rings. The molecule has 0 radical (unpaired) electrons. The van der Waals surface area contributed by atoms with Crippen LogP contribution in [0.15, 0.2) is 0 Å². The Morgan fingerprint density at radius 3 is 2.40 bits per heavy atom. The van der Waals surface area contributed by atoms with Gasteiger partial charge in [-0.3, -0.25) is 10.1 Å². The van der Waals surface area contributed by atoms with Gasteiger partial charge in [0.15, 0.2) is 0 Å². The van der Waals surface area contributed by atoms with Crippen LogP contribution in [0.5, 0.6) is 0 Å². The van der Waals surface area contributed by atoms with E-state index >= 15 is 0 Å². The van der Waals surface area contributed by atoms with Crippen molar-refractivity contribution in [3.63, 3.8) is 0 Å². The molecular weight excluding hydrogens is 198 g/mol. The van der Waals surface area contributed by atoms with Gasteiger partial charge in [0.2, 0.25) is 5.91 Å². The third-order valence-electron chi connectivity index (χ3n) is 2.23. The molecule has 1 aliphatic rings. The molecule has 0 bridgehead atoms. The lowest BCUT2D eigenvalue weighted by Gasteiger charge is -2.32. The Morgan fingerprint density at radius 2 is 1.87 bits per heavy atom. The van der Waals surface area contributed by atoms with Crippen LogP contribution in [0.1, 0.15) is 0 Å². The lowest BCUT2D eigenvalue weighted by atomic mass is 10.4. The van der Waals surface area contributed by atoms with E-state index in [2.05, 4.69) is 17.4 Å². The minimum absolute atomic E-state index is 0.0760. The molecule has 1 aliphatic heterocycles. The average molecular weight is 215 g/mol. The topological polar surface area (TPSA) is 90.7 Å². The fraction of sp³-hybridized carbons (Fsp3) is 0.750. The molecule has 0 aromatic heterocycles. The number of hydrazine groups is 1. The minimum Gasteiger partial charge on any atom is -0.351 e. The zero-order valence-electron chi connectivity index (χ0n) is 8.82. The van der Waals surface area contributed by atoms with Crippen molar-refractivity contribution in [2.45, 2.75) is 0 Å². The number of imide groups is 1. The minimum atomic E-state index is -0.819. The number of nitrogens with two attached hydrogens (primary N) is 1. The van der Waals surface area contributed by atoms with Gasteiger partial charge in [-0.15, -0.1) is 0 Å². The summed E-state index contributed by atoms with van der Waals surface area (Å²) in [6.45, 7) is 3.72. The molecule has 0 spiro atoms. The first-order valence-corrected chi connectivity index (χ1v) is 4.84. The van der Waals surface area contributed by atoms with Crippen molar-refractivity contribution in [3.05, 3.63) is 0 Å². The first-order chi connectivity index (χ1) is 7.08. The van der Waals surface area contributed by atoms with E-state index in [1.807, 2.05) is 10.3 Å². The molecule has 1 rings (SSSR count). The van der Waals surface area contributed by atoms with Crippen LogP contribution in [0.2, 0.25) is 0 Å². The van der Waals surface area contributed by atoms with Gasteiger partial charge >= 0.3 is 6.03 Å². The number of rotatable bonds is 3. The summed E-state index contributed by atoms with van der Waals surface area (Å²) >= 11 is 0. The van der Waals surface area contributed by atoms with Crippen LogP contribution < -0.4 is 16.5 Å². The summed E-state index contributed by atoms with van der Waals surface area (Å²) in [4.78, 5) is 23.6. The van der Waals surface area contributed by atoms with Gasteiger partial charge in [0.25, 0.3) is 0 Å². The number of piperazine rings is 1. The summed E-state index contributed by atoms with van der Waals surface area (Å²) in [5.41, 5.74) is 7.74. The Labute approximate surface area is 88.5 Å². The zero-order valence-corrected chi connectivity index (χ0v) is 8.82. The van der Waals surface area contributed by atoms with Crippen LogP contribution in [0.25, 0.3) is 0 Å². The van der Waals surface area contributed by atoms with Crippen molar-refractivity contribution < 1.29 is 9.59 Å². The van der Waals surface area contributed by atoms with Gasteiger partial charge in [0.1, 0.15) is 0 Å². The fourth-order valence-electron chi connectivity index (χ4n) is 1.33.